The molecule has 0 spiro atoms. The fourth-order valence-corrected chi connectivity index (χ4v) is 0. The molecule has 0 aromatic carbocycles. The van der Waals surface area contributed by atoms with Crippen LogP contribution in [0, 0.1) is 0 Å². The standard InChI is InChI=1S/7FH.H2O.V/h7*1H;1H2;/p-5. The predicted molar refractivity (Wildman–Crippen MR) is 8.62 cm³/mol. The fourth-order valence-electron chi connectivity index (χ4n) is 0. The van der Waals surface area contributed by atoms with Crippen LogP contribution in [0.3, 0.4) is 0 Å². The van der Waals surface area contributed by atoms with E-state index in [2.05, 4.69) is 0 Å². The third-order valence-electron chi connectivity index (χ3n) is 0. The van der Waals surface area contributed by atoms with E-state index in [-0.39, 0.29) is 57.0 Å². The van der Waals surface area contributed by atoms with E-state index in [0.29, 0.717) is 0 Å². The summed E-state index contributed by atoms with van der Waals surface area (Å²) in [5, 5.41) is 0. The number of halogens is 7. The molecule has 0 atom stereocenters. The third kappa shape index (κ3) is 99700. The van der Waals surface area contributed by atoms with Crippen molar-refractivity contribution in [2.75, 3.05) is 0 Å². The fraction of sp³-hybridized carbons (Fsp3) is 0. The molecule has 0 aliphatic heterocycles. The van der Waals surface area contributed by atoms with Gasteiger partial charge in [-0.05, 0) is 0 Å². The maximum absolute atomic E-state index is 0. The predicted octanol–water partition coefficient (Wildman–Crippen LogP) is -15.5. The number of hydrogen-bond donors (Lipinski definition) is 0. The Balaban J connectivity index is 0. The van der Waals surface area contributed by atoms with Gasteiger partial charge in [-0.3, -0.25) is 9.41 Å². The summed E-state index contributed by atoms with van der Waals surface area (Å²) < 4.78 is 0. The average Bonchev–Trinajstić information content (AvgIpc) is 0. The van der Waals surface area contributed by atoms with Crippen LogP contribution in [0.25, 0.3) is 0 Å². The van der Waals surface area contributed by atoms with Crippen LogP contribution in [0.2, 0.25) is 0 Å². The summed E-state index contributed by atoms with van der Waals surface area (Å²) in [5.41, 5.74) is 0. The van der Waals surface area contributed by atoms with E-state index in [9.17, 15) is 0 Å². The Morgan fingerprint density at radius 1 is 0.444 bits per heavy atom. The molecule has 0 rings (SSSR count). The molecule has 0 aliphatic carbocycles. The van der Waals surface area contributed by atoms with Crippen molar-refractivity contribution in [3.63, 3.8) is 0 Å². The van der Waals surface area contributed by atoms with Crippen molar-refractivity contribution in [3.05, 3.63) is 0 Å². The molecular weight excluding hydrogens is 200 g/mol. The van der Waals surface area contributed by atoms with Crippen LogP contribution in [0.15, 0.2) is 0 Å². The van der Waals surface area contributed by atoms with Crippen LogP contribution in [0.4, 0.5) is 9.41 Å². The van der Waals surface area contributed by atoms with E-state index in [1.807, 2.05) is 0 Å². The van der Waals surface area contributed by atoms with Crippen molar-refractivity contribution < 1.29 is 57.0 Å². The van der Waals surface area contributed by atoms with Crippen molar-refractivity contribution in [1.82, 2.24) is 0 Å². The number of rotatable bonds is 0. The summed E-state index contributed by atoms with van der Waals surface area (Å²) in [5.74, 6) is 0. The zero-order valence-electron chi connectivity index (χ0n) is 3.65. The zero-order chi connectivity index (χ0) is 0. The first-order chi connectivity index (χ1) is 0. The van der Waals surface area contributed by atoms with Crippen molar-refractivity contribution >= 4 is 0 Å². The Labute approximate surface area is 58.0 Å². The normalized spacial score (nSPS) is 0. The topological polar surface area (TPSA) is 31.5 Å². The van der Waals surface area contributed by atoms with Gasteiger partial charge in [0.1, 0.15) is 0 Å². The van der Waals surface area contributed by atoms with Crippen molar-refractivity contribution in [2.24, 2.45) is 0 Å². The number of hydrogen-bond acceptors (Lipinski definition) is 0. The van der Waals surface area contributed by atoms with Crippen LogP contribution in [-0.4, -0.2) is 5.48 Å². The van der Waals surface area contributed by atoms with Gasteiger partial charge < -0.3 is 29.0 Å². The van der Waals surface area contributed by atoms with Crippen molar-refractivity contribution in [2.45, 2.75) is 0 Å². The molecule has 9 heteroatoms. The molecule has 0 fully saturated rings. The largest absolute Gasteiger partial charge is 1.00 e. The molecule has 0 bridgehead atoms. The van der Waals surface area contributed by atoms with E-state index in [0.717, 1.165) is 0 Å². The van der Waals surface area contributed by atoms with Gasteiger partial charge >= 0.3 is 0 Å². The van der Waals surface area contributed by atoms with E-state index >= 15 is 0 Å². The molecule has 0 unspecified atom stereocenters. The summed E-state index contributed by atoms with van der Waals surface area (Å²) in [7, 11) is 0. The minimum atomic E-state index is 0. The van der Waals surface area contributed by atoms with E-state index in [1.165, 1.54) is 0 Å². The average molecular weight is 204 g/mol. The van der Waals surface area contributed by atoms with Gasteiger partial charge in [-0.25, -0.2) is 0 Å². The van der Waals surface area contributed by atoms with Gasteiger partial charge in [0.15, 0.2) is 0 Å². The Morgan fingerprint density at radius 3 is 0.444 bits per heavy atom. The molecule has 69 valence electrons. The van der Waals surface area contributed by atoms with Crippen molar-refractivity contribution in [3.8, 4) is 0 Å². The molecule has 0 aromatic rings. The first kappa shape index (κ1) is 198000. The third-order valence-corrected chi connectivity index (χ3v) is 0. The van der Waals surface area contributed by atoms with Gasteiger partial charge in [0.2, 0.25) is 0 Å². The first-order valence-electron chi connectivity index (χ1n) is 0. The van der Waals surface area contributed by atoms with Crippen molar-refractivity contribution in [1.29, 1.82) is 0 Å². The molecule has 0 heterocycles. The van der Waals surface area contributed by atoms with Gasteiger partial charge in [-0.15, -0.1) is 0 Å². The molecule has 0 aromatic heterocycles. The molecule has 0 saturated carbocycles. The van der Waals surface area contributed by atoms with Gasteiger partial charge in [-0.1, -0.05) is 0 Å². The zero-order valence-corrected chi connectivity index (χ0v) is 5.05. The monoisotopic (exact) mass is 204 g/mol. The van der Waals surface area contributed by atoms with Crippen LogP contribution >= 0.6 is 0 Å². The Morgan fingerprint density at radius 2 is 0.444 bits per heavy atom. The second kappa shape index (κ2) is 135000. The SMILES string of the molecule is F.F.O.[F-].[F-].[F-].[F-].[F-].[V]. The summed E-state index contributed by atoms with van der Waals surface area (Å²) in [6.07, 6.45) is 0. The summed E-state index contributed by atoms with van der Waals surface area (Å²) in [6.45, 7) is 0. The molecule has 1 nitrogen and oxygen atoms in total. The Bertz CT molecular complexity index is 8.88. The van der Waals surface area contributed by atoms with Crippen LogP contribution in [0.5, 0.6) is 0 Å². The minimum absolute atomic E-state index is 0. The second-order valence-electron chi connectivity index (χ2n) is 0. The van der Waals surface area contributed by atoms with E-state index in [4.69, 9.17) is 0 Å². The summed E-state index contributed by atoms with van der Waals surface area (Å²) >= 11 is 0. The molecule has 2 N–H and O–H groups in total. The smallest absolute Gasteiger partial charge is 0 e. The first-order valence-corrected chi connectivity index (χ1v) is 0. The van der Waals surface area contributed by atoms with Crippen LogP contribution in [-0.2, 0) is 18.6 Å². The van der Waals surface area contributed by atoms with Gasteiger partial charge in [0.25, 0.3) is 0 Å². The van der Waals surface area contributed by atoms with Gasteiger partial charge in [-0.2, -0.15) is 0 Å². The molecule has 0 aliphatic rings. The van der Waals surface area contributed by atoms with E-state index < -0.39 is 0 Å². The summed E-state index contributed by atoms with van der Waals surface area (Å²) in [4.78, 5) is 0. The van der Waals surface area contributed by atoms with E-state index in [1.54, 1.807) is 0 Å². The Kier molecular flexibility index (Phi) is 2980000000. The maximum Gasteiger partial charge on any atom is 0 e. The molecule has 0 saturated heterocycles. The maximum atomic E-state index is 0. The Hall–Kier alpha value is 0.0544. The summed E-state index contributed by atoms with van der Waals surface area (Å²) in [6, 6.07) is 0. The molecule has 9 heavy (non-hydrogen) atoms. The van der Waals surface area contributed by atoms with Crippen LogP contribution < -0.4 is 23.5 Å². The molecular formula is H4F7OV-5. The molecule has 1 radical (unpaired) electrons. The quantitative estimate of drug-likeness (QED) is 0.351. The van der Waals surface area contributed by atoms with Gasteiger partial charge in [0.05, 0.1) is 0 Å². The minimum Gasteiger partial charge on any atom is -1.00 e. The second-order valence-corrected chi connectivity index (χ2v) is 0. The van der Waals surface area contributed by atoms with Gasteiger partial charge in [0, 0.05) is 18.6 Å². The molecule has 0 amide bonds. The van der Waals surface area contributed by atoms with Crippen LogP contribution in [0.1, 0.15) is 0 Å².